The molecule has 1 unspecified atom stereocenters. The second-order valence-corrected chi connectivity index (χ2v) is 8.13. The summed E-state index contributed by atoms with van der Waals surface area (Å²) in [4.78, 5) is 14.5. The Morgan fingerprint density at radius 1 is 1.43 bits per heavy atom. The SMILES string of the molecule is CNC1CCCN(C(=O)c2ccc(Br)c(S(C)(=O)=O)c2)C1. The maximum absolute atomic E-state index is 12.5. The smallest absolute Gasteiger partial charge is 0.253 e. The molecule has 0 aliphatic carbocycles. The number of benzene rings is 1. The van der Waals surface area contributed by atoms with Gasteiger partial charge in [0.05, 0.1) is 4.90 Å². The molecule has 0 aromatic heterocycles. The van der Waals surface area contributed by atoms with Gasteiger partial charge in [0.15, 0.2) is 9.84 Å². The Hall–Kier alpha value is -0.920. The summed E-state index contributed by atoms with van der Waals surface area (Å²) in [7, 11) is -1.48. The molecular formula is C14H19BrN2O3S. The fourth-order valence-electron chi connectivity index (χ4n) is 2.50. The Balaban J connectivity index is 2.28. The van der Waals surface area contributed by atoms with Gasteiger partial charge in [0.2, 0.25) is 0 Å². The van der Waals surface area contributed by atoms with E-state index in [-0.39, 0.29) is 10.8 Å². The molecular weight excluding hydrogens is 356 g/mol. The maximum Gasteiger partial charge on any atom is 0.253 e. The van der Waals surface area contributed by atoms with E-state index >= 15 is 0 Å². The van der Waals surface area contributed by atoms with E-state index in [2.05, 4.69) is 21.2 Å². The van der Waals surface area contributed by atoms with Gasteiger partial charge in [-0.1, -0.05) is 0 Å². The van der Waals surface area contributed by atoms with E-state index in [4.69, 9.17) is 0 Å². The minimum absolute atomic E-state index is 0.118. The van der Waals surface area contributed by atoms with Crippen molar-refractivity contribution in [2.24, 2.45) is 0 Å². The van der Waals surface area contributed by atoms with Crippen molar-refractivity contribution in [1.29, 1.82) is 0 Å². The molecule has 1 N–H and O–H groups in total. The Kier molecular flexibility index (Phi) is 5.06. The van der Waals surface area contributed by atoms with Crippen LogP contribution in [0.4, 0.5) is 0 Å². The second-order valence-electron chi connectivity index (χ2n) is 5.30. The van der Waals surface area contributed by atoms with Crippen molar-refractivity contribution in [3.05, 3.63) is 28.2 Å². The maximum atomic E-state index is 12.5. The molecule has 116 valence electrons. The molecule has 0 spiro atoms. The second kappa shape index (κ2) is 6.46. The van der Waals surface area contributed by atoms with Gasteiger partial charge in [0.1, 0.15) is 0 Å². The molecule has 2 rings (SSSR count). The predicted molar refractivity (Wildman–Crippen MR) is 85.2 cm³/mol. The van der Waals surface area contributed by atoms with Gasteiger partial charge in [-0.2, -0.15) is 0 Å². The fourth-order valence-corrected chi connectivity index (χ4v) is 4.39. The van der Waals surface area contributed by atoms with Crippen molar-refractivity contribution in [1.82, 2.24) is 10.2 Å². The van der Waals surface area contributed by atoms with Crippen molar-refractivity contribution in [2.45, 2.75) is 23.8 Å². The molecule has 1 fully saturated rings. The molecule has 1 aromatic rings. The third-order valence-electron chi connectivity index (χ3n) is 3.69. The number of likely N-dealkylation sites (N-methyl/N-ethyl adjacent to an activating group) is 1. The number of halogens is 1. The number of likely N-dealkylation sites (tertiary alicyclic amines) is 1. The topological polar surface area (TPSA) is 66.5 Å². The van der Waals surface area contributed by atoms with Gasteiger partial charge in [0.25, 0.3) is 5.91 Å². The molecule has 0 bridgehead atoms. The average molecular weight is 375 g/mol. The molecule has 1 heterocycles. The molecule has 21 heavy (non-hydrogen) atoms. The number of nitrogens with one attached hydrogen (secondary N) is 1. The number of rotatable bonds is 3. The van der Waals surface area contributed by atoms with Crippen LogP contribution in [0, 0.1) is 0 Å². The molecule has 1 aliphatic heterocycles. The zero-order chi connectivity index (χ0) is 15.6. The number of carbonyl (C=O) groups excluding carboxylic acids is 1. The van der Waals surface area contributed by atoms with E-state index in [1.165, 1.54) is 6.07 Å². The zero-order valence-corrected chi connectivity index (χ0v) is 14.5. The lowest BCUT2D eigenvalue weighted by molar-refractivity contribution is 0.0698. The van der Waals surface area contributed by atoms with Gasteiger partial charge in [0, 0.05) is 35.4 Å². The highest BCUT2D eigenvalue weighted by Crippen LogP contribution is 2.24. The lowest BCUT2D eigenvalue weighted by Gasteiger charge is -2.32. The monoisotopic (exact) mass is 374 g/mol. The number of hydrogen-bond donors (Lipinski definition) is 1. The minimum Gasteiger partial charge on any atom is -0.337 e. The number of amides is 1. The number of piperidine rings is 1. The summed E-state index contributed by atoms with van der Waals surface area (Å²) in [6.07, 6.45) is 3.14. The highest BCUT2D eigenvalue weighted by molar-refractivity contribution is 9.10. The van der Waals surface area contributed by atoms with Crippen LogP contribution in [0.1, 0.15) is 23.2 Å². The van der Waals surface area contributed by atoms with E-state index < -0.39 is 9.84 Å². The Morgan fingerprint density at radius 3 is 2.76 bits per heavy atom. The highest BCUT2D eigenvalue weighted by Gasteiger charge is 2.24. The third kappa shape index (κ3) is 3.84. The van der Waals surface area contributed by atoms with E-state index in [0.29, 0.717) is 29.2 Å². The predicted octanol–water partition coefficient (Wildman–Crippen LogP) is 1.68. The largest absolute Gasteiger partial charge is 0.337 e. The zero-order valence-electron chi connectivity index (χ0n) is 12.1. The van der Waals surface area contributed by atoms with Gasteiger partial charge in [-0.05, 0) is 54.0 Å². The Labute approximate surface area is 133 Å². The lowest BCUT2D eigenvalue weighted by Crippen LogP contribution is -2.46. The third-order valence-corrected chi connectivity index (χ3v) is 5.79. The molecule has 1 aliphatic rings. The first kappa shape index (κ1) is 16.5. The molecule has 0 saturated carbocycles. The van der Waals surface area contributed by atoms with E-state index in [1.54, 1.807) is 17.0 Å². The summed E-state index contributed by atoms with van der Waals surface area (Å²) >= 11 is 3.22. The fraction of sp³-hybridized carbons (Fsp3) is 0.500. The van der Waals surface area contributed by atoms with Crippen molar-refractivity contribution in [2.75, 3.05) is 26.4 Å². The molecule has 7 heteroatoms. The summed E-state index contributed by atoms with van der Waals surface area (Å²) in [5.74, 6) is -0.118. The summed E-state index contributed by atoms with van der Waals surface area (Å²) in [5.41, 5.74) is 0.412. The molecule has 1 aromatic carbocycles. The van der Waals surface area contributed by atoms with Crippen LogP contribution in [0.3, 0.4) is 0 Å². The normalized spacial score (nSPS) is 19.6. The van der Waals surface area contributed by atoms with Crippen molar-refractivity contribution in [3.63, 3.8) is 0 Å². The molecule has 0 radical (unpaired) electrons. The van der Waals surface area contributed by atoms with Crippen LogP contribution < -0.4 is 5.32 Å². The van der Waals surface area contributed by atoms with Gasteiger partial charge in [-0.15, -0.1) is 0 Å². The molecule has 1 atom stereocenters. The first-order chi connectivity index (χ1) is 9.82. The first-order valence-corrected chi connectivity index (χ1v) is 9.47. The van der Waals surface area contributed by atoms with Crippen LogP contribution in [0.2, 0.25) is 0 Å². The van der Waals surface area contributed by atoms with Gasteiger partial charge in [-0.25, -0.2) is 8.42 Å². The molecule has 1 saturated heterocycles. The number of carbonyl (C=O) groups is 1. The van der Waals surface area contributed by atoms with Crippen molar-refractivity contribution < 1.29 is 13.2 Å². The lowest BCUT2D eigenvalue weighted by atomic mass is 10.0. The number of sulfone groups is 1. The van der Waals surface area contributed by atoms with Crippen molar-refractivity contribution in [3.8, 4) is 0 Å². The summed E-state index contributed by atoms with van der Waals surface area (Å²) in [5, 5.41) is 3.19. The van der Waals surface area contributed by atoms with Crippen LogP contribution >= 0.6 is 15.9 Å². The molecule has 5 nitrogen and oxygen atoms in total. The van der Waals surface area contributed by atoms with Crippen LogP contribution in [0.5, 0.6) is 0 Å². The summed E-state index contributed by atoms with van der Waals surface area (Å²) < 4.78 is 24.0. The summed E-state index contributed by atoms with van der Waals surface area (Å²) in [6, 6.07) is 5.02. The number of nitrogens with zero attached hydrogens (tertiary/aromatic N) is 1. The van der Waals surface area contributed by atoms with Crippen LogP contribution in [0.15, 0.2) is 27.6 Å². The van der Waals surface area contributed by atoms with Crippen LogP contribution in [-0.2, 0) is 9.84 Å². The van der Waals surface area contributed by atoms with Crippen molar-refractivity contribution >= 4 is 31.7 Å². The Bertz CT molecular complexity index is 646. The number of hydrogen-bond acceptors (Lipinski definition) is 4. The quantitative estimate of drug-likeness (QED) is 0.873. The minimum atomic E-state index is -3.37. The standard InChI is InChI=1S/C14H19BrN2O3S/c1-16-11-4-3-7-17(9-11)14(18)10-5-6-12(15)13(8-10)21(2,19)20/h5-6,8,11,16H,3-4,7,9H2,1-2H3. The summed E-state index contributed by atoms with van der Waals surface area (Å²) in [6.45, 7) is 1.36. The van der Waals surface area contributed by atoms with E-state index in [0.717, 1.165) is 19.1 Å². The van der Waals surface area contributed by atoms with Gasteiger partial charge in [-0.3, -0.25) is 4.79 Å². The van der Waals surface area contributed by atoms with Crippen LogP contribution in [0.25, 0.3) is 0 Å². The highest BCUT2D eigenvalue weighted by atomic mass is 79.9. The first-order valence-electron chi connectivity index (χ1n) is 6.79. The Morgan fingerprint density at radius 2 is 2.14 bits per heavy atom. The average Bonchev–Trinajstić information content (AvgIpc) is 2.46. The van der Waals surface area contributed by atoms with Crippen LogP contribution in [-0.4, -0.2) is 51.7 Å². The van der Waals surface area contributed by atoms with Gasteiger partial charge >= 0.3 is 0 Å². The van der Waals surface area contributed by atoms with Gasteiger partial charge < -0.3 is 10.2 Å². The van der Waals surface area contributed by atoms with E-state index in [9.17, 15) is 13.2 Å². The van der Waals surface area contributed by atoms with E-state index in [1.807, 2.05) is 7.05 Å². The molecule has 1 amide bonds.